The Labute approximate surface area is 104 Å². The van der Waals surface area contributed by atoms with Crippen LogP contribution in [0.4, 0.5) is 0 Å². The number of rotatable bonds is 3. The molecule has 1 atom stereocenters. The van der Waals surface area contributed by atoms with E-state index < -0.39 is 6.04 Å². The van der Waals surface area contributed by atoms with Crippen LogP contribution in [0.2, 0.25) is 5.02 Å². The van der Waals surface area contributed by atoms with E-state index in [9.17, 15) is 0 Å². The van der Waals surface area contributed by atoms with Gasteiger partial charge in [-0.3, -0.25) is 0 Å². The maximum atomic E-state index is 9.11. The first-order chi connectivity index (χ1) is 8.19. The summed E-state index contributed by atoms with van der Waals surface area (Å²) in [6, 6.07) is 1.12. The molecule has 3 N–H and O–H groups in total. The molecule has 1 heterocycles. The lowest BCUT2D eigenvalue weighted by Crippen LogP contribution is -2.19. The number of nitrogens with two attached hydrogens (primary N) is 1. The fraction of sp³-hybridized carbons (Fsp3) is 0.455. The Kier molecular flexibility index (Phi) is 3.61. The van der Waals surface area contributed by atoms with E-state index >= 15 is 0 Å². The van der Waals surface area contributed by atoms with E-state index in [2.05, 4.69) is 0 Å². The second-order valence-corrected chi connectivity index (χ2v) is 4.00. The van der Waals surface area contributed by atoms with Crippen LogP contribution in [-0.2, 0) is 0 Å². The Balaban J connectivity index is 2.55. The minimum absolute atomic E-state index is 0.202. The number of benzene rings is 1. The summed E-state index contributed by atoms with van der Waals surface area (Å²) in [7, 11) is 1.49. The van der Waals surface area contributed by atoms with Crippen LogP contribution in [0.1, 0.15) is 11.6 Å². The number of methoxy groups -OCH3 is 1. The van der Waals surface area contributed by atoms with Crippen LogP contribution in [0.25, 0.3) is 0 Å². The standard InChI is InChI=1S/C11H14ClNO4/c1-15-10-6(7(13)5-14)4-8-11(9(10)12)17-3-2-16-8/h4,7,14H,2-3,5,13H2,1H3. The largest absolute Gasteiger partial charge is 0.495 e. The van der Waals surface area contributed by atoms with Gasteiger partial charge in [0.25, 0.3) is 0 Å². The van der Waals surface area contributed by atoms with Gasteiger partial charge in [-0.15, -0.1) is 0 Å². The van der Waals surface area contributed by atoms with E-state index in [4.69, 9.17) is 36.7 Å². The van der Waals surface area contributed by atoms with E-state index in [0.29, 0.717) is 41.0 Å². The molecule has 0 aliphatic carbocycles. The molecule has 1 aliphatic rings. The molecular formula is C11H14ClNO4. The molecule has 1 aromatic rings. The highest BCUT2D eigenvalue weighted by Crippen LogP contribution is 2.46. The lowest BCUT2D eigenvalue weighted by Gasteiger charge is -2.23. The molecule has 0 aromatic heterocycles. The Bertz CT molecular complexity index is 424. The molecule has 0 spiro atoms. The van der Waals surface area contributed by atoms with Crippen molar-refractivity contribution >= 4 is 11.6 Å². The third-order valence-corrected chi connectivity index (χ3v) is 2.90. The molecular weight excluding hydrogens is 246 g/mol. The van der Waals surface area contributed by atoms with Crippen molar-refractivity contribution in [2.24, 2.45) is 5.73 Å². The summed E-state index contributed by atoms with van der Waals surface area (Å²) in [5.74, 6) is 1.40. The van der Waals surface area contributed by atoms with Gasteiger partial charge in [0.15, 0.2) is 11.5 Å². The van der Waals surface area contributed by atoms with Gasteiger partial charge in [-0.05, 0) is 6.07 Å². The van der Waals surface area contributed by atoms with Gasteiger partial charge in [-0.1, -0.05) is 11.6 Å². The Hall–Kier alpha value is -1.17. The highest BCUT2D eigenvalue weighted by molar-refractivity contribution is 6.34. The van der Waals surface area contributed by atoms with Crippen molar-refractivity contribution < 1.29 is 19.3 Å². The third kappa shape index (κ3) is 2.13. The zero-order chi connectivity index (χ0) is 12.4. The number of fused-ring (bicyclic) bond motifs is 1. The van der Waals surface area contributed by atoms with Gasteiger partial charge in [-0.25, -0.2) is 0 Å². The molecule has 0 fully saturated rings. The van der Waals surface area contributed by atoms with Gasteiger partial charge in [0.2, 0.25) is 0 Å². The second kappa shape index (κ2) is 5.00. The van der Waals surface area contributed by atoms with Crippen molar-refractivity contribution in [3.8, 4) is 17.2 Å². The molecule has 1 aromatic carbocycles. The maximum absolute atomic E-state index is 9.11. The minimum atomic E-state index is -0.571. The van der Waals surface area contributed by atoms with Crippen LogP contribution in [0, 0.1) is 0 Å². The summed E-state index contributed by atoms with van der Waals surface area (Å²) in [5, 5.41) is 9.43. The fourth-order valence-corrected chi connectivity index (χ4v) is 2.06. The SMILES string of the molecule is COc1c(C(N)CO)cc2c(c1Cl)OCCO2. The second-order valence-electron chi connectivity index (χ2n) is 3.63. The molecule has 17 heavy (non-hydrogen) atoms. The molecule has 0 saturated carbocycles. The van der Waals surface area contributed by atoms with Crippen molar-refractivity contribution in [2.75, 3.05) is 26.9 Å². The van der Waals surface area contributed by atoms with Crippen LogP contribution >= 0.6 is 11.6 Å². The highest BCUT2D eigenvalue weighted by atomic mass is 35.5. The zero-order valence-electron chi connectivity index (χ0n) is 9.40. The van der Waals surface area contributed by atoms with Crippen molar-refractivity contribution in [3.05, 3.63) is 16.7 Å². The third-order valence-electron chi connectivity index (χ3n) is 2.56. The van der Waals surface area contributed by atoms with Crippen LogP contribution in [0.3, 0.4) is 0 Å². The summed E-state index contributed by atoms with van der Waals surface area (Å²) in [5.41, 5.74) is 6.39. The zero-order valence-corrected chi connectivity index (χ0v) is 10.2. The topological polar surface area (TPSA) is 73.9 Å². The number of hydrogen-bond acceptors (Lipinski definition) is 5. The Morgan fingerprint density at radius 2 is 2.24 bits per heavy atom. The van der Waals surface area contributed by atoms with Crippen molar-refractivity contribution in [2.45, 2.75) is 6.04 Å². The van der Waals surface area contributed by atoms with Crippen LogP contribution in [0.15, 0.2) is 6.07 Å². The summed E-state index contributed by atoms with van der Waals surface area (Å²) in [4.78, 5) is 0. The van der Waals surface area contributed by atoms with Crippen LogP contribution in [-0.4, -0.2) is 32.0 Å². The van der Waals surface area contributed by atoms with Crippen LogP contribution < -0.4 is 19.9 Å². The molecule has 2 rings (SSSR count). The summed E-state index contributed by atoms with van der Waals surface area (Å²) in [6.07, 6.45) is 0. The lowest BCUT2D eigenvalue weighted by atomic mass is 10.1. The lowest BCUT2D eigenvalue weighted by molar-refractivity contribution is 0.170. The average molecular weight is 260 g/mol. The number of ether oxygens (including phenoxy) is 3. The summed E-state index contributed by atoms with van der Waals surface area (Å²) < 4.78 is 16.1. The van der Waals surface area contributed by atoms with Crippen molar-refractivity contribution in [1.29, 1.82) is 0 Å². The van der Waals surface area contributed by atoms with Gasteiger partial charge in [0.1, 0.15) is 24.0 Å². The molecule has 0 saturated heterocycles. The number of hydrogen-bond donors (Lipinski definition) is 2. The first-order valence-electron chi connectivity index (χ1n) is 5.21. The highest BCUT2D eigenvalue weighted by Gasteiger charge is 2.24. The van der Waals surface area contributed by atoms with E-state index in [1.54, 1.807) is 6.07 Å². The molecule has 5 nitrogen and oxygen atoms in total. The van der Waals surface area contributed by atoms with Gasteiger partial charge < -0.3 is 25.1 Å². The predicted molar refractivity (Wildman–Crippen MR) is 63.0 cm³/mol. The van der Waals surface area contributed by atoms with E-state index in [-0.39, 0.29) is 6.61 Å². The molecule has 1 aliphatic heterocycles. The Morgan fingerprint density at radius 1 is 1.53 bits per heavy atom. The van der Waals surface area contributed by atoms with Gasteiger partial charge in [0, 0.05) is 5.56 Å². The van der Waals surface area contributed by atoms with Gasteiger partial charge >= 0.3 is 0 Å². The van der Waals surface area contributed by atoms with E-state index in [0.717, 1.165) is 0 Å². The molecule has 94 valence electrons. The van der Waals surface area contributed by atoms with Crippen molar-refractivity contribution in [1.82, 2.24) is 0 Å². The molecule has 1 unspecified atom stereocenters. The average Bonchev–Trinajstić information content (AvgIpc) is 2.37. The Morgan fingerprint density at radius 3 is 2.88 bits per heavy atom. The summed E-state index contributed by atoms with van der Waals surface area (Å²) >= 11 is 6.17. The van der Waals surface area contributed by atoms with Gasteiger partial charge in [0.05, 0.1) is 19.8 Å². The monoisotopic (exact) mass is 259 g/mol. The molecule has 0 bridgehead atoms. The molecule has 0 radical (unpaired) electrons. The maximum Gasteiger partial charge on any atom is 0.183 e. The summed E-state index contributed by atoms with van der Waals surface area (Å²) in [6.45, 7) is 0.705. The molecule has 6 heteroatoms. The first-order valence-corrected chi connectivity index (χ1v) is 5.59. The smallest absolute Gasteiger partial charge is 0.183 e. The quantitative estimate of drug-likeness (QED) is 0.851. The minimum Gasteiger partial charge on any atom is -0.495 e. The number of aliphatic hydroxyl groups excluding tert-OH is 1. The van der Waals surface area contributed by atoms with E-state index in [1.807, 2.05) is 0 Å². The first kappa shape index (κ1) is 12.3. The van der Waals surface area contributed by atoms with Crippen molar-refractivity contribution in [3.63, 3.8) is 0 Å². The van der Waals surface area contributed by atoms with Crippen LogP contribution in [0.5, 0.6) is 17.2 Å². The number of halogens is 1. The van der Waals surface area contributed by atoms with Gasteiger partial charge in [-0.2, -0.15) is 0 Å². The normalized spacial score (nSPS) is 15.5. The molecule has 0 amide bonds. The van der Waals surface area contributed by atoms with E-state index in [1.165, 1.54) is 7.11 Å². The predicted octanol–water partition coefficient (Wildman–Crippen LogP) is 1.11. The fourth-order valence-electron chi connectivity index (χ4n) is 1.73. The number of aliphatic hydroxyl groups is 1.